The average molecular weight is 280 g/mol. The molecule has 1 heterocycles. The summed E-state index contributed by atoms with van der Waals surface area (Å²) in [6.45, 7) is 15.6. The van der Waals surface area contributed by atoms with E-state index in [-0.39, 0.29) is 0 Å². The molecule has 1 saturated carbocycles. The van der Waals surface area contributed by atoms with E-state index in [1.807, 2.05) is 0 Å². The van der Waals surface area contributed by atoms with Gasteiger partial charge in [-0.05, 0) is 30.1 Å². The maximum atomic E-state index is 3.91. The normalized spacial score (nSPS) is 30.9. The Morgan fingerprint density at radius 1 is 1.10 bits per heavy atom. The molecule has 2 heteroatoms. The molecule has 1 N–H and O–H groups in total. The molecule has 0 amide bonds. The molecule has 0 spiro atoms. The first-order valence-corrected chi connectivity index (χ1v) is 8.85. The molecule has 1 saturated heterocycles. The zero-order valence-electron chi connectivity index (χ0n) is 14.4. The van der Waals surface area contributed by atoms with E-state index in [2.05, 4.69) is 44.8 Å². The smallest absolute Gasteiger partial charge is 0.0269 e. The minimum atomic E-state index is 0.374. The zero-order valence-corrected chi connectivity index (χ0v) is 14.4. The fraction of sp³-hybridized carbons (Fsp3) is 1.00. The Morgan fingerprint density at radius 3 is 2.30 bits per heavy atom. The lowest BCUT2D eigenvalue weighted by Crippen LogP contribution is -2.62. The Morgan fingerprint density at radius 2 is 1.75 bits per heavy atom. The van der Waals surface area contributed by atoms with Crippen molar-refractivity contribution >= 4 is 0 Å². The van der Waals surface area contributed by atoms with Crippen LogP contribution in [0.1, 0.15) is 66.7 Å². The summed E-state index contributed by atoms with van der Waals surface area (Å²) in [5.74, 6) is 1.70. The number of nitrogens with zero attached hydrogens (tertiary/aromatic N) is 1. The molecular formula is C18H36N2. The molecule has 0 radical (unpaired) electrons. The molecule has 0 bridgehead atoms. The van der Waals surface area contributed by atoms with Crippen molar-refractivity contribution in [2.24, 2.45) is 17.3 Å². The maximum absolute atomic E-state index is 3.91. The lowest BCUT2D eigenvalue weighted by molar-refractivity contribution is 0.0297. The van der Waals surface area contributed by atoms with Gasteiger partial charge in [0, 0.05) is 31.7 Å². The van der Waals surface area contributed by atoms with Crippen molar-refractivity contribution in [2.75, 3.05) is 19.6 Å². The van der Waals surface area contributed by atoms with E-state index >= 15 is 0 Å². The maximum Gasteiger partial charge on any atom is 0.0269 e. The second kappa shape index (κ2) is 6.79. The molecule has 1 aliphatic heterocycles. The molecule has 2 fully saturated rings. The SMILES string of the molecule is CC(C)CN1CC(C2CCCCC2)NCC1C(C)(C)C. The highest BCUT2D eigenvalue weighted by Crippen LogP contribution is 2.32. The summed E-state index contributed by atoms with van der Waals surface area (Å²) >= 11 is 0. The highest BCUT2D eigenvalue weighted by atomic mass is 15.2. The van der Waals surface area contributed by atoms with Gasteiger partial charge in [0.25, 0.3) is 0 Å². The molecule has 2 nitrogen and oxygen atoms in total. The van der Waals surface area contributed by atoms with Crippen LogP contribution in [0, 0.1) is 17.3 Å². The standard InChI is InChI=1S/C18H36N2/c1-14(2)12-20-13-16(15-9-7-6-8-10-15)19-11-17(20)18(3,4)5/h14-17,19H,6-13H2,1-5H3. The predicted octanol–water partition coefficient (Wildman–Crippen LogP) is 3.91. The van der Waals surface area contributed by atoms with E-state index in [4.69, 9.17) is 0 Å². The molecule has 118 valence electrons. The van der Waals surface area contributed by atoms with Crippen LogP contribution in [0.15, 0.2) is 0 Å². The van der Waals surface area contributed by atoms with Gasteiger partial charge < -0.3 is 5.32 Å². The van der Waals surface area contributed by atoms with Gasteiger partial charge in [-0.3, -0.25) is 4.90 Å². The van der Waals surface area contributed by atoms with Crippen LogP contribution in [0.25, 0.3) is 0 Å². The van der Waals surface area contributed by atoms with Crippen molar-refractivity contribution in [3.05, 3.63) is 0 Å². The molecule has 2 atom stereocenters. The second-order valence-corrected chi connectivity index (χ2v) is 8.64. The number of rotatable bonds is 3. The van der Waals surface area contributed by atoms with Gasteiger partial charge in [0.15, 0.2) is 0 Å². The third-order valence-corrected chi connectivity index (χ3v) is 5.26. The van der Waals surface area contributed by atoms with E-state index in [0.29, 0.717) is 11.5 Å². The molecule has 2 rings (SSSR count). The summed E-state index contributed by atoms with van der Waals surface area (Å²) in [5.41, 5.74) is 0.374. The Labute approximate surface area is 126 Å². The summed E-state index contributed by atoms with van der Waals surface area (Å²) in [7, 11) is 0. The minimum absolute atomic E-state index is 0.374. The van der Waals surface area contributed by atoms with Gasteiger partial charge in [-0.15, -0.1) is 0 Å². The predicted molar refractivity (Wildman–Crippen MR) is 88.0 cm³/mol. The third-order valence-electron chi connectivity index (χ3n) is 5.26. The van der Waals surface area contributed by atoms with Crippen LogP contribution in [0.4, 0.5) is 0 Å². The quantitative estimate of drug-likeness (QED) is 0.843. The summed E-state index contributed by atoms with van der Waals surface area (Å²) in [6, 6.07) is 1.43. The van der Waals surface area contributed by atoms with Crippen molar-refractivity contribution in [1.82, 2.24) is 10.2 Å². The van der Waals surface area contributed by atoms with Crippen molar-refractivity contribution in [3.8, 4) is 0 Å². The first-order chi connectivity index (χ1) is 9.38. The third kappa shape index (κ3) is 4.21. The molecule has 0 aromatic carbocycles. The molecule has 1 aliphatic carbocycles. The minimum Gasteiger partial charge on any atom is -0.311 e. The molecule has 2 aliphatic rings. The van der Waals surface area contributed by atoms with Crippen molar-refractivity contribution in [1.29, 1.82) is 0 Å². The molecule has 20 heavy (non-hydrogen) atoms. The second-order valence-electron chi connectivity index (χ2n) is 8.64. The molecule has 0 aromatic heterocycles. The van der Waals surface area contributed by atoms with Crippen LogP contribution in [0.5, 0.6) is 0 Å². The van der Waals surface area contributed by atoms with Crippen molar-refractivity contribution in [3.63, 3.8) is 0 Å². The van der Waals surface area contributed by atoms with Gasteiger partial charge in [0.2, 0.25) is 0 Å². The Kier molecular flexibility index (Phi) is 5.53. The van der Waals surface area contributed by atoms with E-state index in [9.17, 15) is 0 Å². The fourth-order valence-corrected chi connectivity index (χ4v) is 4.21. The first kappa shape index (κ1) is 16.3. The van der Waals surface area contributed by atoms with E-state index in [0.717, 1.165) is 17.9 Å². The Bertz CT molecular complexity index is 286. The van der Waals surface area contributed by atoms with Gasteiger partial charge >= 0.3 is 0 Å². The van der Waals surface area contributed by atoms with E-state index in [1.54, 1.807) is 0 Å². The first-order valence-electron chi connectivity index (χ1n) is 8.85. The van der Waals surface area contributed by atoms with E-state index in [1.165, 1.54) is 51.7 Å². The highest BCUT2D eigenvalue weighted by Gasteiger charge is 2.37. The highest BCUT2D eigenvalue weighted by molar-refractivity contribution is 4.95. The summed E-state index contributed by atoms with van der Waals surface area (Å²) < 4.78 is 0. The number of nitrogens with one attached hydrogen (secondary N) is 1. The number of piperazine rings is 1. The number of hydrogen-bond acceptors (Lipinski definition) is 2. The monoisotopic (exact) mass is 280 g/mol. The van der Waals surface area contributed by atoms with Crippen LogP contribution in [-0.2, 0) is 0 Å². The van der Waals surface area contributed by atoms with Gasteiger partial charge in [-0.2, -0.15) is 0 Å². The van der Waals surface area contributed by atoms with Gasteiger partial charge in [-0.1, -0.05) is 53.9 Å². The summed E-state index contributed by atoms with van der Waals surface area (Å²) in [4.78, 5) is 2.79. The van der Waals surface area contributed by atoms with Gasteiger partial charge in [0.1, 0.15) is 0 Å². The van der Waals surface area contributed by atoms with Gasteiger partial charge in [-0.25, -0.2) is 0 Å². The van der Waals surface area contributed by atoms with E-state index < -0.39 is 0 Å². The number of hydrogen-bond donors (Lipinski definition) is 1. The topological polar surface area (TPSA) is 15.3 Å². The van der Waals surface area contributed by atoms with Gasteiger partial charge in [0.05, 0.1) is 0 Å². The summed E-state index contributed by atoms with van der Waals surface area (Å²) in [6.07, 6.45) is 7.27. The molecule has 0 aromatic rings. The Hall–Kier alpha value is -0.0800. The molecule has 2 unspecified atom stereocenters. The lowest BCUT2D eigenvalue weighted by Gasteiger charge is -2.49. The Balaban J connectivity index is 2.00. The van der Waals surface area contributed by atoms with Crippen LogP contribution >= 0.6 is 0 Å². The lowest BCUT2D eigenvalue weighted by atomic mass is 9.79. The fourth-order valence-electron chi connectivity index (χ4n) is 4.21. The van der Waals surface area contributed by atoms with Crippen LogP contribution in [0.2, 0.25) is 0 Å². The average Bonchev–Trinajstić information content (AvgIpc) is 2.37. The van der Waals surface area contributed by atoms with Crippen LogP contribution in [0.3, 0.4) is 0 Å². The molecular weight excluding hydrogens is 244 g/mol. The van der Waals surface area contributed by atoms with Crippen LogP contribution in [-0.4, -0.2) is 36.6 Å². The van der Waals surface area contributed by atoms with Crippen LogP contribution < -0.4 is 5.32 Å². The largest absolute Gasteiger partial charge is 0.311 e. The van der Waals surface area contributed by atoms with Crippen molar-refractivity contribution in [2.45, 2.75) is 78.8 Å². The van der Waals surface area contributed by atoms with Crippen molar-refractivity contribution < 1.29 is 0 Å². The zero-order chi connectivity index (χ0) is 14.8. The summed E-state index contributed by atoms with van der Waals surface area (Å²) in [5, 5.41) is 3.91.